The van der Waals surface area contributed by atoms with E-state index in [0.29, 0.717) is 19.6 Å². The number of hydrogen-bond donors (Lipinski definition) is 1. The molecule has 2 atom stereocenters. The average molecular weight is 229 g/mol. The molecule has 0 saturated carbocycles. The van der Waals surface area contributed by atoms with Crippen molar-refractivity contribution in [3.05, 3.63) is 0 Å². The van der Waals surface area contributed by atoms with Gasteiger partial charge in [0.05, 0.1) is 6.61 Å². The summed E-state index contributed by atoms with van der Waals surface area (Å²) in [6, 6.07) is -0.0551. The number of carbonyl (C=O) groups is 1. The molecule has 94 valence electrons. The predicted molar refractivity (Wildman–Crippen MR) is 62.6 cm³/mol. The highest BCUT2D eigenvalue weighted by atomic mass is 16.5. The van der Waals surface area contributed by atoms with Crippen LogP contribution in [-0.2, 0) is 9.53 Å². The second-order valence-electron chi connectivity index (χ2n) is 4.31. The third kappa shape index (κ3) is 3.46. The summed E-state index contributed by atoms with van der Waals surface area (Å²) in [6.45, 7) is 6.17. The van der Waals surface area contributed by atoms with E-state index in [1.54, 1.807) is 0 Å². The summed E-state index contributed by atoms with van der Waals surface area (Å²) < 4.78 is 5.44. The van der Waals surface area contributed by atoms with Crippen molar-refractivity contribution in [1.29, 1.82) is 0 Å². The van der Waals surface area contributed by atoms with Crippen molar-refractivity contribution < 1.29 is 14.6 Å². The molecule has 1 N–H and O–H groups in total. The zero-order valence-corrected chi connectivity index (χ0v) is 10.3. The van der Waals surface area contributed by atoms with Crippen LogP contribution in [0.3, 0.4) is 0 Å². The standard InChI is InChI=1S/C12H23NO3/c1-3-11(12(14)15)13-8-6-5-7-10(13)9-16-4-2/h10-11H,3-9H2,1-2H3,(H,14,15). The van der Waals surface area contributed by atoms with Crippen molar-refractivity contribution in [2.45, 2.75) is 51.6 Å². The fourth-order valence-electron chi connectivity index (χ4n) is 2.42. The van der Waals surface area contributed by atoms with Crippen LogP contribution in [0.25, 0.3) is 0 Å². The van der Waals surface area contributed by atoms with Gasteiger partial charge >= 0.3 is 5.97 Å². The Hall–Kier alpha value is -0.610. The predicted octanol–water partition coefficient (Wildman–Crippen LogP) is 1.74. The quantitative estimate of drug-likeness (QED) is 0.753. The number of aliphatic carboxylic acids is 1. The first kappa shape index (κ1) is 13.5. The lowest BCUT2D eigenvalue weighted by Crippen LogP contribution is -2.51. The lowest BCUT2D eigenvalue weighted by molar-refractivity contribution is -0.145. The summed E-state index contributed by atoms with van der Waals surface area (Å²) in [5.41, 5.74) is 0. The summed E-state index contributed by atoms with van der Waals surface area (Å²) in [4.78, 5) is 13.3. The fraction of sp³-hybridized carbons (Fsp3) is 0.917. The monoisotopic (exact) mass is 229 g/mol. The average Bonchev–Trinajstić information content (AvgIpc) is 2.28. The molecule has 1 saturated heterocycles. The van der Waals surface area contributed by atoms with Gasteiger partial charge in [-0.05, 0) is 32.7 Å². The Labute approximate surface area is 97.6 Å². The Kier molecular flexibility index (Phi) is 5.77. The second-order valence-corrected chi connectivity index (χ2v) is 4.31. The van der Waals surface area contributed by atoms with Gasteiger partial charge in [0.15, 0.2) is 0 Å². The van der Waals surface area contributed by atoms with E-state index in [1.807, 2.05) is 13.8 Å². The third-order valence-electron chi connectivity index (χ3n) is 3.26. The van der Waals surface area contributed by atoms with Crippen molar-refractivity contribution >= 4 is 5.97 Å². The largest absolute Gasteiger partial charge is 0.480 e. The molecule has 1 heterocycles. The summed E-state index contributed by atoms with van der Waals surface area (Å²) in [6.07, 6.45) is 4.01. The van der Waals surface area contributed by atoms with Gasteiger partial charge in [-0.15, -0.1) is 0 Å². The molecule has 1 aliphatic rings. The fourth-order valence-corrected chi connectivity index (χ4v) is 2.42. The number of rotatable bonds is 6. The van der Waals surface area contributed by atoms with Crippen molar-refractivity contribution in [1.82, 2.24) is 4.90 Å². The molecular formula is C12H23NO3. The molecule has 0 aliphatic carbocycles. The highest BCUT2D eigenvalue weighted by Crippen LogP contribution is 2.21. The Morgan fingerprint density at radius 1 is 1.50 bits per heavy atom. The molecule has 0 aromatic heterocycles. The highest BCUT2D eigenvalue weighted by molar-refractivity contribution is 5.73. The normalized spacial score (nSPS) is 24.2. The van der Waals surface area contributed by atoms with Gasteiger partial charge in [0.1, 0.15) is 6.04 Å². The maximum Gasteiger partial charge on any atom is 0.320 e. The topological polar surface area (TPSA) is 49.8 Å². The van der Waals surface area contributed by atoms with Gasteiger partial charge in [-0.3, -0.25) is 9.69 Å². The highest BCUT2D eigenvalue weighted by Gasteiger charge is 2.31. The van der Waals surface area contributed by atoms with Gasteiger partial charge < -0.3 is 9.84 Å². The Balaban J connectivity index is 2.60. The van der Waals surface area contributed by atoms with Gasteiger partial charge in [0.25, 0.3) is 0 Å². The van der Waals surface area contributed by atoms with Crippen LogP contribution in [0.4, 0.5) is 0 Å². The molecule has 0 radical (unpaired) electrons. The number of carboxylic acids is 1. The SMILES string of the molecule is CCOCC1CCCCN1C(CC)C(=O)O. The Morgan fingerprint density at radius 3 is 2.81 bits per heavy atom. The molecule has 0 spiro atoms. The molecule has 4 nitrogen and oxygen atoms in total. The molecule has 1 aliphatic heterocycles. The van der Waals surface area contributed by atoms with Crippen LogP contribution in [0.5, 0.6) is 0 Å². The molecule has 1 fully saturated rings. The molecule has 0 amide bonds. The smallest absolute Gasteiger partial charge is 0.320 e. The van der Waals surface area contributed by atoms with E-state index in [4.69, 9.17) is 4.74 Å². The number of hydrogen-bond acceptors (Lipinski definition) is 3. The van der Waals surface area contributed by atoms with Gasteiger partial charge in [0, 0.05) is 12.6 Å². The van der Waals surface area contributed by atoms with Crippen molar-refractivity contribution in [2.75, 3.05) is 19.8 Å². The van der Waals surface area contributed by atoms with E-state index in [-0.39, 0.29) is 12.1 Å². The zero-order chi connectivity index (χ0) is 12.0. The molecular weight excluding hydrogens is 206 g/mol. The van der Waals surface area contributed by atoms with Crippen LogP contribution in [0.1, 0.15) is 39.5 Å². The first-order valence-electron chi connectivity index (χ1n) is 6.27. The summed E-state index contributed by atoms with van der Waals surface area (Å²) >= 11 is 0. The van der Waals surface area contributed by atoms with Crippen molar-refractivity contribution in [3.63, 3.8) is 0 Å². The van der Waals surface area contributed by atoms with Gasteiger partial charge in [0.2, 0.25) is 0 Å². The maximum atomic E-state index is 11.2. The second kappa shape index (κ2) is 6.86. The molecule has 0 aromatic carbocycles. The number of carboxylic acid groups (broad SMARTS) is 1. The minimum atomic E-state index is -0.703. The van der Waals surface area contributed by atoms with E-state index >= 15 is 0 Å². The van der Waals surface area contributed by atoms with Crippen LogP contribution < -0.4 is 0 Å². The van der Waals surface area contributed by atoms with Crippen LogP contribution in [0, 0.1) is 0 Å². The van der Waals surface area contributed by atoms with Crippen LogP contribution >= 0.6 is 0 Å². The van der Waals surface area contributed by atoms with Crippen molar-refractivity contribution in [2.24, 2.45) is 0 Å². The minimum absolute atomic E-state index is 0.287. The third-order valence-corrected chi connectivity index (χ3v) is 3.26. The molecule has 0 aromatic rings. The van der Waals surface area contributed by atoms with Crippen LogP contribution in [0.15, 0.2) is 0 Å². The Morgan fingerprint density at radius 2 is 2.25 bits per heavy atom. The lowest BCUT2D eigenvalue weighted by atomic mass is 9.99. The first-order chi connectivity index (χ1) is 7.70. The molecule has 16 heavy (non-hydrogen) atoms. The van der Waals surface area contributed by atoms with Gasteiger partial charge in [-0.1, -0.05) is 13.3 Å². The van der Waals surface area contributed by atoms with Crippen molar-refractivity contribution in [3.8, 4) is 0 Å². The molecule has 2 unspecified atom stereocenters. The Bertz CT molecular complexity index is 220. The van der Waals surface area contributed by atoms with E-state index in [0.717, 1.165) is 19.4 Å². The lowest BCUT2D eigenvalue weighted by Gasteiger charge is -2.38. The first-order valence-corrected chi connectivity index (χ1v) is 6.27. The van der Waals surface area contributed by atoms with Crippen LogP contribution in [-0.4, -0.2) is 47.8 Å². The zero-order valence-electron chi connectivity index (χ0n) is 10.3. The molecule has 0 bridgehead atoms. The number of likely N-dealkylation sites (tertiary alicyclic amines) is 1. The number of ether oxygens (including phenoxy) is 1. The molecule has 1 rings (SSSR count). The van der Waals surface area contributed by atoms with Gasteiger partial charge in [-0.25, -0.2) is 0 Å². The molecule has 4 heteroatoms. The van der Waals surface area contributed by atoms with Gasteiger partial charge in [-0.2, -0.15) is 0 Å². The summed E-state index contributed by atoms with van der Waals surface area (Å²) in [5.74, 6) is -0.703. The minimum Gasteiger partial charge on any atom is -0.480 e. The maximum absolute atomic E-state index is 11.2. The van der Waals surface area contributed by atoms with E-state index in [2.05, 4.69) is 4.90 Å². The number of piperidine rings is 1. The van der Waals surface area contributed by atoms with E-state index in [1.165, 1.54) is 6.42 Å². The summed E-state index contributed by atoms with van der Waals surface area (Å²) in [5, 5.41) is 9.19. The summed E-state index contributed by atoms with van der Waals surface area (Å²) in [7, 11) is 0. The number of nitrogens with zero attached hydrogens (tertiary/aromatic N) is 1. The van der Waals surface area contributed by atoms with E-state index < -0.39 is 5.97 Å². The van der Waals surface area contributed by atoms with Crippen LogP contribution in [0.2, 0.25) is 0 Å². The van der Waals surface area contributed by atoms with E-state index in [9.17, 15) is 9.90 Å².